The average molecular weight is 569 g/mol. The van der Waals surface area contributed by atoms with E-state index in [1.54, 1.807) is 6.33 Å². The van der Waals surface area contributed by atoms with Gasteiger partial charge in [-0.3, -0.25) is 0 Å². The Morgan fingerprint density at radius 2 is 1.28 bits per heavy atom. The molecule has 3 nitrogen and oxygen atoms in total. The van der Waals surface area contributed by atoms with E-state index in [9.17, 15) is 0 Å². The van der Waals surface area contributed by atoms with Crippen LogP contribution >= 0.6 is 11.3 Å². The third kappa shape index (κ3) is 3.73. The standard InChI is InChI=1S/C39H24N2OS/c1-23-19-26-9-2-3-14-29(26)37-34(23)36-38(42-37)35(40-22-41-36)28-13-7-11-25(21-28)24-10-6-12-27(20-24)30-16-8-17-32-31-15-4-5-18-33(31)43-39(30)32/h2-22H,1H3. The molecule has 0 aliphatic carbocycles. The van der Waals surface area contributed by atoms with Gasteiger partial charge in [0.2, 0.25) is 0 Å². The third-order valence-corrected chi connectivity index (χ3v) is 9.71. The first kappa shape index (κ1) is 24.3. The van der Waals surface area contributed by atoms with E-state index in [1.807, 2.05) is 11.3 Å². The molecule has 0 unspecified atom stereocenters. The molecule has 0 saturated heterocycles. The molecule has 3 heterocycles. The molecule has 0 aliphatic rings. The zero-order chi connectivity index (χ0) is 28.5. The van der Waals surface area contributed by atoms with Crippen molar-refractivity contribution in [2.24, 2.45) is 0 Å². The van der Waals surface area contributed by atoms with Gasteiger partial charge in [0.05, 0.1) is 5.39 Å². The molecule has 202 valence electrons. The van der Waals surface area contributed by atoms with Gasteiger partial charge >= 0.3 is 0 Å². The van der Waals surface area contributed by atoms with Crippen LogP contribution in [0.4, 0.5) is 0 Å². The molecule has 3 aromatic heterocycles. The molecule has 0 amide bonds. The minimum atomic E-state index is 0.722. The normalized spacial score (nSPS) is 11.8. The predicted molar refractivity (Wildman–Crippen MR) is 181 cm³/mol. The highest BCUT2D eigenvalue weighted by Gasteiger charge is 2.19. The Bertz CT molecular complexity index is 2540. The van der Waals surface area contributed by atoms with E-state index in [1.165, 1.54) is 31.3 Å². The molecular weight excluding hydrogens is 545 g/mol. The quantitative estimate of drug-likeness (QED) is 0.213. The molecule has 6 aromatic carbocycles. The summed E-state index contributed by atoms with van der Waals surface area (Å²) in [5, 5.41) is 5.93. The number of rotatable bonds is 3. The van der Waals surface area contributed by atoms with Gasteiger partial charge in [0.15, 0.2) is 5.58 Å². The van der Waals surface area contributed by atoms with Crippen molar-refractivity contribution in [1.29, 1.82) is 0 Å². The van der Waals surface area contributed by atoms with E-state index in [2.05, 4.69) is 133 Å². The van der Waals surface area contributed by atoms with Crippen LogP contribution in [-0.2, 0) is 0 Å². The lowest BCUT2D eigenvalue weighted by molar-refractivity contribution is 0.670. The fraction of sp³-hybridized carbons (Fsp3) is 0.0256. The molecule has 0 radical (unpaired) electrons. The smallest absolute Gasteiger partial charge is 0.180 e. The molecule has 0 bridgehead atoms. The molecule has 0 saturated carbocycles. The Hall–Kier alpha value is -5.32. The highest BCUT2D eigenvalue weighted by molar-refractivity contribution is 7.26. The Labute approximate surface area is 251 Å². The van der Waals surface area contributed by atoms with Crippen LogP contribution in [0.5, 0.6) is 0 Å². The number of hydrogen-bond acceptors (Lipinski definition) is 4. The second-order valence-corrected chi connectivity index (χ2v) is 12.1. The lowest BCUT2D eigenvalue weighted by atomic mass is 9.96. The number of hydrogen-bond donors (Lipinski definition) is 0. The van der Waals surface area contributed by atoms with Crippen LogP contribution in [0.15, 0.2) is 132 Å². The molecule has 0 spiro atoms. The highest BCUT2D eigenvalue weighted by Crippen LogP contribution is 2.42. The summed E-state index contributed by atoms with van der Waals surface area (Å²) in [6.45, 7) is 2.12. The lowest BCUT2D eigenvalue weighted by Gasteiger charge is -2.09. The van der Waals surface area contributed by atoms with Crippen molar-refractivity contribution in [2.45, 2.75) is 6.92 Å². The van der Waals surface area contributed by atoms with Crippen molar-refractivity contribution in [3.63, 3.8) is 0 Å². The Morgan fingerprint density at radius 3 is 2.16 bits per heavy atom. The number of furan rings is 1. The second-order valence-electron chi connectivity index (χ2n) is 11.1. The van der Waals surface area contributed by atoms with Crippen molar-refractivity contribution in [3.05, 3.63) is 133 Å². The first-order chi connectivity index (χ1) is 21.2. The topological polar surface area (TPSA) is 38.9 Å². The van der Waals surface area contributed by atoms with E-state index in [-0.39, 0.29) is 0 Å². The maximum Gasteiger partial charge on any atom is 0.180 e. The van der Waals surface area contributed by atoms with Crippen molar-refractivity contribution >= 4 is 64.4 Å². The summed E-state index contributed by atoms with van der Waals surface area (Å²) in [7, 11) is 0. The first-order valence-electron chi connectivity index (χ1n) is 14.4. The van der Waals surface area contributed by atoms with Crippen molar-refractivity contribution < 1.29 is 4.42 Å². The fourth-order valence-corrected chi connectivity index (χ4v) is 7.73. The van der Waals surface area contributed by atoms with Gasteiger partial charge in [-0.25, -0.2) is 9.97 Å². The summed E-state index contributed by atoms with van der Waals surface area (Å²) in [4.78, 5) is 9.42. The van der Waals surface area contributed by atoms with E-state index < -0.39 is 0 Å². The van der Waals surface area contributed by atoms with Crippen molar-refractivity contribution in [1.82, 2.24) is 9.97 Å². The SMILES string of the molecule is Cc1cc2ccccc2c2oc3c(-c4cccc(-c5cccc(-c6cccc7c6sc6ccccc67)c5)c4)ncnc3c12. The first-order valence-corrected chi connectivity index (χ1v) is 15.2. The van der Waals surface area contributed by atoms with Gasteiger partial charge in [-0.15, -0.1) is 11.3 Å². The van der Waals surface area contributed by atoms with Crippen LogP contribution in [-0.4, -0.2) is 9.97 Å². The van der Waals surface area contributed by atoms with Gasteiger partial charge in [-0.2, -0.15) is 0 Å². The maximum absolute atomic E-state index is 6.60. The summed E-state index contributed by atoms with van der Waals surface area (Å²) in [5.41, 5.74) is 10.2. The summed E-state index contributed by atoms with van der Waals surface area (Å²) >= 11 is 1.86. The van der Waals surface area contributed by atoms with E-state index in [0.717, 1.165) is 60.8 Å². The minimum Gasteiger partial charge on any atom is -0.451 e. The van der Waals surface area contributed by atoms with E-state index in [0.29, 0.717) is 0 Å². The Morgan fingerprint density at radius 1 is 0.581 bits per heavy atom. The second kappa shape index (κ2) is 9.35. The summed E-state index contributed by atoms with van der Waals surface area (Å²) < 4.78 is 9.24. The van der Waals surface area contributed by atoms with Gasteiger partial charge in [0, 0.05) is 31.1 Å². The van der Waals surface area contributed by atoms with E-state index in [4.69, 9.17) is 9.40 Å². The molecule has 9 aromatic rings. The number of aryl methyl sites for hydroxylation is 1. The van der Waals surface area contributed by atoms with Crippen LogP contribution in [0.25, 0.3) is 86.5 Å². The molecule has 0 N–H and O–H groups in total. The Balaban J connectivity index is 1.18. The number of thiophene rings is 1. The Kier molecular flexibility index (Phi) is 5.28. The van der Waals surface area contributed by atoms with Gasteiger partial charge in [0.1, 0.15) is 23.1 Å². The summed E-state index contributed by atoms with van der Waals surface area (Å²) in [6.07, 6.45) is 1.65. The van der Waals surface area contributed by atoms with Crippen LogP contribution in [0.2, 0.25) is 0 Å². The number of fused-ring (bicyclic) bond motifs is 8. The molecule has 0 aliphatic heterocycles. The van der Waals surface area contributed by atoms with Crippen LogP contribution < -0.4 is 0 Å². The molecule has 9 rings (SSSR count). The van der Waals surface area contributed by atoms with Gasteiger partial charge in [0.25, 0.3) is 0 Å². The number of nitrogens with zero attached hydrogens (tertiary/aromatic N) is 2. The van der Waals surface area contributed by atoms with Crippen molar-refractivity contribution in [3.8, 4) is 33.5 Å². The molecule has 43 heavy (non-hydrogen) atoms. The van der Waals surface area contributed by atoms with Crippen LogP contribution in [0.3, 0.4) is 0 Å². The average Bonchev–Trinajstić information content (AvgIpc) is 3.65. The zero-order valence-corrected chi connectivity index (χ0v) is 24.2. The van der Waals surface area contributed by atoms with Gasteiger partial charge in [-0.05, 0) is 58.3 Å². The minimum absolute atomic E-state index is 0.722. The van der Waals surface area contributed by atoms with Crippen molar-refractivity contribution in [2.75, 3.05) is 0 Å². The predicted octanol–water partition coefficient (Wildman–Crippen LogP) is 11.2. The number of aromatic nitrogens is 2. The highest BCUT2D eigenvalue weighted by atomic mass is 32.1. The maximum atomic E-state index is 6.60. The number of benzene rings is 6. The van der Waals surface area contributed by atoms with E-state index >= 15 is 0 Å². The van der Waals surface area contributed by atoms with Gasteiger partial charge < -0.3 is 4.42 Å². The summed E-state index contributed by atoms with van der Waals surface area (Å²) in [6, 6.07) is 43.3. The van der Waals surface area contributed by atoms with Crippen LogP contribution in [0, 0.1) is 6.92 Å². The third-order valence-electron chi connectivity index (χ3n) is 8.49. The zero-order valence-electron chi connectivity index (χ0n) is 23.3. The summed E-state index contributed by atoms with van der Waals surface area (Å²) in [5.74, 6) is 0. The van der Waals surface area contributed by atoms with Crippen LogP contribution in [0.1, 0.15) is 5.56 Å². The molecule has 0 atom stereocenters. The largest absolute Gasteiger partial charge is 0.451 e. The monoisotopic (exact) mass is 568 g/mol. The molecule has 4 heteroatoms. The molecular formula is C39H24N2OS. The molecule has 0 fully saturated rings. The lowest BCUT2D eigenvalue weighted by Crippen LogP contribution is -1.88. The van der Waals surface area contributed by atoms with Gasteiger partial charge in [-0.1, -0.05) is 103 Å². The fourth-order valence-electron chi connectivity index (χ4n) is 6.49.